The second kappa shape index (κ2) is 11.3. The van der Waals surface area contributed by atoms with Gasteiger partial charge in [-0.2, -0.15) is 23.5 Å². The van der Waals surface area contributed by atoms with Gasteiger partial charge in [-0.25, -0.2) is 4.68 Å². The minimum absolute atomic E-state index is 0.0494. The van der Waals surface area contributed by atoms with Crippen molar-refractivity contribution in [3.05, 3.63) is 95.3 Å². The Kier molecular flexibility index (Phi) is 8.19. The molecule has 0 atom stereocenters. The van der Waals surface area contributed by atoms with Crippen LogP contribution in [0, 0.1) is 18.3 Å². The van der Waals surface area contributed by atoms with Crippen molar-refractivity contribution in [3.63, 3.8) is 0 Å². The highest BCUT2D eigenvalue weighted by molar-refractivity contribution is 5.77. The quantitative estimate of drug-likeness (QED) is 0.284. The summed E-state index contributed by atoms with van der Waals surface area (Å²) in [6.45, 7) is 3.14. The van der Waals surface area contributed by atoms with E-state index in [1.807, 2.05) is 49.4 Å². The van der Waals surface area contributed by atoms with Gasteiger partial charge in [0.2, 0.25) is 0 Å². The number of hydrogen-bond acceptors (Lipinski definition) is 5. The molecular weight excluding hydrogens is 483 g/mol. The van der Waals surface area contributed by atoms with Gasteiger partial charge in [0, 0.05) is 6.92 Å². The number of carboxylic acid groups (broad SMARTS) is 1. The molecule has 4 N–H and O–H groups in total. The predicted octanol–water partition coefficient (Wildman–Crippen LogP) is 6.02. The molecule has 37 heavy (non-hydrogen) atoms. The van der Waals surface area contributed by atoms with E-state index in [4.69, 9.17) is 20.9 Å². The molecule has 190 valence electrons. The number of nitriles is 1. The van der Waals surface area contributed by atoms with Crippen molar-refractivity contribution >= 4 is 17.3 Å². The molecular formula is C27H24F3N5O2. The summed E-state index contributed by atoms with van der Waals surface area (Å²) in [6, 6.07) is 22.7. The third-order valence-electron chi connectivity index (χ3n) is 5.26. The Morgan fingerprint density at radius 2 is 1.81 bits per heavy atom. The Hall–Kier alpha value is -4.78. The van der Waals surface area contributed by atoms with Gasteiger partial charge in [-0.3, -0.25) is 4.79 Å². The van der Waals surface area contributed by atoms with Gasteiger partial charge in [0.15, 0.2) is 5.69 Å². The van der Waals surface area contributed by atoms with Crippen LogP contribution < -0.4 is 11.1 Å². The van der Waals surface area contributed by atoms with E-state index in [2.05, 4.69) is 10.4 Å². The Balaban J connectivity index is 0.000000886. The summed E-state index contributed by atoms with van der Waals surface area (Å²) >= 11 is 0. The summed E-state index contributed by atoms with van der Waals surface area (Å²) in [6.07, 6.45) is -4.60. The number of hydrogen-bond donors (Lipinski definition) is 3. The second-order valence-corrected chi connectivity index (χ2v) is 8.08. The molecule has 0 radical (unpaired) electrons. The molecule has 0 saturated heterocycles. The summed E-state index contributed by atoms with van der Waals surface area (Å²) in [5, 5.41) is 23.4. The third kappa shape index (κ3) is 6.89. The van der Waals surface area contributed by atoms with Crippen LogP contribution in [0.25, 0.3) is 16.8 Å². The number of nitrogens with two attached hydrogens (primary N) is 1. The average molecular weight is 508 g/mol. The maximum Gasteiger partial charge on any atom is 0.435 e. The Bertz CT molecular complexity index is 1450. The van der Waals surface area contributed by atoms with Crippen LogP contribution in [0.3, 0.4) is 0 Å². The van der Waals surface area contributed by atoms with Gasteiger partial charge in [-0.1, -0.05) is 36.4 Å². The van der Waals surface area contributed by atoms with Crippen molar-refractivity contribution in [3.8, 4) is 22.9 Å². The van der Waals surface area contributed by atoms with E-state index < -0.39 is 17.8 Å². The fourth-order valence-corrected chi connectivity index (χ4v) is 3.59. The minimum Gasteiger partial charge on any atom is -0.481 e. The van der Waals surface area contributed by atoms with Gasteiger partial charge < -0.3 is 16.2 Å². The van der Waals surface area contributed by atoms with E-state index >= 15 is 0 Å². The Labute approximate surface area is 211 Å². The molecule has 0 amide bonds. The monoisotopic (exact) mass is 507 g/mol. The smallest absolute Gasteiger partial charge is 0.435 e. The van der Waals surface area contributed by atoms with E-state index in [9.17, 15) is 13.2 Å². The zero-order valence-corrected chi connectivity index (χ0v) is 20.0. The number of nitrogen functional groups attached to an aromatic ring is 1. The minimum atomic E-state index is -4.60. The number of carboxylic acids is 1. The lowest BCUT2D eigenvalue weighted by Crippen LogP contribution is -2.09. The standard InChI is InChI=1S/C25H20F3N5.C2H4O2/c1-16-5-2-3-8-21(16)18-9-10-23(22(30)12-18)31-15-20-13-24(25(26,27)28)32-33(20)19-7-4-6-17(11-19)14-29;1-2(3)4/h2-13,31H,15,30H2,1H3;1H3,(H,3,4). The lowest BCUT2D eigenvalue weighted by molar-refractivity contribution is -0.141. The van der Waals surface area contributed by atoms with Gasteiger partial charge in [0.1, 0.15) is 0 Å². The summed E-state index contributed by atoms with van der Waals surface area (Å²) in [7, 11) is 0. The molecule has 7 nitrogen and oxygen atoms in total. The highest BCUT2D eigenvalue weighted by Crippen LogP contribution is 2.32. The fourth-order valence-electron chi connectivity index (χ4n) is 3.59. The number of nitrogens with zero attached hydrogens (tertiary/aromatic N) is 3. The number of aliphatic carboxylic acids is 1. The first-order chi connectivity index (χ1) is 17.5. The number of anilines is 2. The molecule has 0 unspecified atom stereocenters. The van der Waals surface area contributed by atoms with E-state index in [0.717, 1.165) is 29.7 Å². The molecule has 4 aromatic rings. The first-order valence-corrected chi connectivity index (χ1v) is 11.0. The number of alkyl halides is 3. The number of halogens is 3. The van der Waals surface area contributed by atoms with Crippen LogP contribution in [0.5, 0.6) is 0 Å². The van der Waals surface area contributed by atoms with Gasteiger partial charge in [-0.15, -0.1) is 0 Å². The highest BCUT2D eigenvalue weighted by Gasteiger charge is 2.35. The predicted molar refractivity (Wildman–Crippen MR) is 135 cm³/mol. The van der Waals surface area contributed by atoms with Crippen LogP contribution in [-0.4, -0.2) is 20.9 Å². The van der Waals surface area contributed by atoms with Crippen molar-refractivity contribution in [2.45, 2.75) is 26.6 Å². The van der Waals surface area contributed by atoms with E-state index in [-0.39, 0.29) is 12.2 Å². The number of aryl methyl sites for hydroxylation is 1. The van der Waals surface area contributed by atoms with Gasteiger partial charge >= 0.3 is 6.18 Å². The summed E-state index contributed by atoms with van der Waals surface area (Å²) in [4.78, 5) is 9.00. The fraction of sp³-hybridized carbons (Fsp3) is 0.148. The molecule has 1 aromatic heterocycles. The Morgan fingerprint density at radius 3 is 2.43 bits per heavy atom. The van der Waals surface area contributed by atoms with Crippen molar-refractivity contribution in [2.24, 2.45) is 0 Å². The van der Waals surface area contributed by atoms with Crippen LogP contribution in [0.2, 0.25) is 0 Å². The Morgan fingerprint density at radius 1 is 1.11 bits per heavy atom. The van der Waals surface area contributed by atoms with Gasteiger partial charge in [0.25, 0.3) is 5.97 Å². The molecule has 4 rings (SSSR count). The third-order valence-corrected chi connectivity index (χ3v) is 5.26. The van der Waals surface area contributed by atoms with Gasteiger partial charge in [-0.05, 0) is 60.0 Å². The van der Waals surface area contributed by atoms with E-state index in [0.29, 0.717) is 22.6 Å². The summed E-state index contributed by atoms with van der Waals surface area (Å²) in [5.41, 5.74) is 10.4. The van der Waals surface area contributed by atoms with Crippen molar-refractivity contribution < 1.29 is 23.1 Å². The van der Waals surface area contributed by atoms with E-state index in [1.165, 1.54) is 10.7 Å². The van der Waals surface area contributed by atoms with Crippen molar-refractivity contribution in [1.29, 1.82) is 5.26 Å². The topological polar surface area (TPSA) is 117 Å². The zero-order valence-electron chi connectivity index (χ0n) is 20.0. The highest BCUT2D eigenvalue weighted by atomic mass is 19.4. The number of benzene rings is 3. The van der Waals surface area contributed by atoms with Crippen LogP contribution >= 0.6 is 0 Å². The SMILES string of the molecule is CC(=O)O.Cc1ccccc1-c1ccc(NCc2cc(C(F)(F)F)nn2-c2cccc(C#N)c2)c(N)c1. The maximum absolute atomic E-state index is 13.3. The maximum atomic E-state index is 13.3. The molecule has 0 bridgehead atoms. The molecule has 1 heterocycles. The van der Waals surface area contributed by atoms with Crippen molar-refractivity contribution in [1.82, 2.24) is 9.78 Å². The van der Waals surface area contributed by atoms with Crippen LogP contribution in [0.1, 0.15) is 29.4 Å². The summed E-state index contributed by atoms with van der Waals surface area (Å²) in [5.74, 6) is -0.833. The number of nitrogens with one attached hydrogen (secondary N) is 1. The molecule has 10 heteroatoms. The largest absolute Gasteiger partial charge is 0.481 e. The van der Waals surface area contributed by atoms with Crippen LogP contribution in [0.4, 0.5) is 24.5 Å². The van der Waals surface area contributed by atoms with Crippen molar-refractivity contribution in [2.75, 3.05) is 11.1 Å². The zero-order chi connectivity index (χ0) is 27.2. The molecule has 0 saturated carbocycles. The summed E-state index contributed by atoms with van der Waals surface area (Å²) < 4.78 is 41.2. The lowest BCUT2D eigenvalue weighted by Gasteiger charge is -2.13. The second-order valence-electron chi connectivity index (χ2n) is 8.08. The van der Waals surface area contributed by atoms with Gasteiger partial charge in [0.05, 0.1) is 40.9 Å². The molecule has 0 spiro atoms. The molecule has 0 aliphatic heterocycles. The van der Waals surface area contributed by atoms with E-state index in [1.54, 1.807) is 24.3 Å². The molecule has 3 aromatic carbocycles. The first kappa shape index (κ1) is 26.8. The lowest BCUT2D eigenvalue weighted by atomic mass is 10.00. The number of carbonyl (C=O) groups is 1. The molecule has 0 fully saturated rings. The average Bonchev–Trinajstić information content (AvgIpc) is 3.28. The molecule has 0 aliphatic carbocycles. The van der Waals surface area contributed by atoms with Crippen LogP contribution in [0.15, 0.2) is 72.8 Å². The normalized spacial score (nSPS) is 10.7. The molecule has 0 aliphatic rings. The number of rotatable bonds is 5. The van der Waals surface area contributed by atoms with Crippen LogP contribution in [-0.2, 0) is 17.5 Å². The number of aromatic nitrogens is 2. The first-order valence-electron chi connectivity index (χ1n) is 11.0.